The lowest BCUT2D eigenvalue weighted by Gasteiger charge is -2.04. The molecule has 0 atom stereocenters. The van der Waals surface area contributed by atoms with Gasteiger partial charge in [-0.3, -0.25) is 0 Å². The van der Waals surface area contributed by atoms with E-state index in [1.165, 1.54) is 133 Å². The van der Waals surface area contributed by atoms with Crippen LogP contribution in [0.5, 0.6) is 0 Å². The van der Waals surface area contributed by atoms with Gasteiger partial charge in [0.2, 0.25) is 0 Å². The molecule has 162 valence electrons. The van der Waals surface area contributed by atoms with E-state index in [1.807, 2.05) is 0 Å². The van der Waals surface area contributed by atoms with Crippen LogP contribution >= 0.6 is 0 Å². The van der Waals surface area contributed by atoms with Crippen LogP contribution in [0.4, 0.5) is 0 Å². The van der Waals surface area contributed by atoms with Crippen molar-refractivity contribution in [3.8, 4) is 0 Å². The van der Waals surface area contributed by atoms with Crippen LogP contribution in [-0.4, -0.2) is 0 Å². The monoisotopic (exact) mass is 388 g/mol. The van der Waals surface area contributed by atoms with E-state index in [2.05, 4.69) is 43.7 Å². The van der Waals surface area contributed by atoms with E-state index in [1.54, 1.807) is 0 Å². The average molecular weight is 389 g/mol. The normalized spacial score (nSPS) is 11.2. The lowest BCUT2D eigenvalue weighted by atomic mass is 10.0. The Morgan fingerprint density at radius 1 is 0.571 bits per heavy atom. The lowest BCUT2D eigenvalue weighted by Crippen LogP contribution is -2.36. The van der Waals surface area contributed by atoms with Crippen molar-refractivity contribution in [1.29, 1.82) is 0 Å². The molecule has 0 N–H and O–H groups in total. The maximum Gasteiger partial charge on any atom is 0.178 e. The molecule has 0 bridgehead atoms. The van der Waals surface area contributed by atoms with Gasteiger partial charge in [0.15, 0.2) is 11.9 Å². The Morgan fingerprint density at radius 3 is 1.36 bits per heavy atom. The highest BCUT2D eigenvalue weighted by Gasteiger charge is 2.05. The summed E-state index contributed by atoms with van der Waals surface area (Å²) in [5, 5.41) is 0. The van der Waals surface area contributed by atoms with Crippen molar-refractivity contribution >= 4 is 0 Å². The van der Waals surface area contributed by atoms with Crippen LogP contribution in [0.2, 0.25) is 0 Å². The molecule has 1 aromatic heterocycles. The molecule has 0 spiro atoms. The first kappa shape index (κ1) is 25.2. The molecule has 0 radical (unpaired) electrons. The first-order valence-corrected chi connectivity index (χ1v) is 12.7. The number of unbranched alkanes of at least 4 members (excludes halogenated alkanes) is 17. The number of hydrogen-bond acceptors (Lipinski definition) is 0. The van der Waals surface area contributed by atoms with Gasteiger partial charge in [-0.15, -0.1) is 0 Å². The van der Waals surface area contributed by atoms with Crippen molar-refractivity contribution in [2.45, 2.75) is 143 Å². The van der Waals surface area contributed by atoms with Crippen LogP contribution in [0.15, 0.2) is 18.3 Å². The van der Waals surface area contributed by atoms with E-state index >= 15 is 0 Å². The zero-order chi connectivity index (χ0) is 20.3. The van der Waals surface area contributed by atoms with Gasteiger partial charge in [0.1, 0.15) is 6.54 Å². The van der Waals surface area contributed by atoms with Gasteiger partial charge in [-0.25, -0.2) is 4.57 Å². The molecule has 28 heavy (non-hydrogen) atoms. The van der Waals surface area contributed by atoms with Gasteiger partial charge in [-0.2, -0.15) is 0 Å². The second kappa shape index (κ2) is 18.2. The van der Waals surface area contributed by atoms with Crippen molar-refractivity contribution in [3.05, 3.63) is 29.6 Å². The molecule has 0 unspecified atom stereocenters. The summed E-state index contributed by atoms with van der Waals surface area (Å²) >= 11 is 0. The molecule has 0 amide bonds. The van der Waals surface area contributed by atoms with Crippen LogP contribution in [0.3, 0.4) is 0 Å². The molecule has 1 heteroatoms. The third kappa shape index (κ3) is 14.2. The Bertz CT molecular complexity index is 465. The number of aryl methyl sites for hydroxylation is 3. The summed E-state index contributed by atoms with van der Waals surface area (Å²) < 4.78 is 2.40. The largest absolute Gasteiger partial charge is 0.203 e. The van der Waals surface area contributed by atoms with Gasteiger partial charge in [0, 0.05) is 25.5 Å². The number of rotatable bonds is 19. The zero-order valence-corrected chi connectivity index (χ0v) is 19.6. The van der Waals surface area contributed by atoms with Crippen molar-refractivity contribution in [2.24, 2.45) is 0 Å². The number of aromatic nitrogens is 1. The average Bonchev–Trinajstić information content (AvgIpc) is 2.68. The van der Waals surface area contributed by atoms with Crippen molar-refractivity contribution in [1.82, 2.24) is 0 Å². The van der Waals surface area contributed by atoms with E-state index in [0.29, 0.717) is 0 Å². The molecule has 1 rings (SSSR count). The van der Waals surface area contributed by atoms with E-state index in [0.717, 1.165) is 0 Å². The maximum absolute atomic E-state index is 2.40. The van der Waals surface area contributed by atoms with E-state index in [4.69, 9.17) is 0 Å². The second-order valence-corrected chi connectivity index (χ2v) is 9.05. The zero-order valence-electron chi connectivity index (χ0n) is 19.6. The van der Waals surface area contributed by atoms with Gasteiger partial charge in [0.25, 0.3) is 0 Å². The van der Waals surface area contributed by atoms with E-state index in [-0.39, 0.29) is 0 Å². The summed E-state index contributed by atoms with van der Waals surface area (Å²) in [6.45, 7) is 7.88. The Balaban J connectivity index is 1.76. The summed E-state index contributed by atoms with van der Waals surface area (Å²) in [5.74, 6) is 0. The standard InChI is InChI=1S/C27H50N/c1-4-5-6-7-8-9-10-11-12-13-14-15-16-17-18-19-20-21-23-28-24-22-26(2)25-27(28)3/h22,24-25H,4-21,23H2,1-3H3/q+1. The molecule has 1 aromatic rings. The first-order chi connectivity index (χ1) is 13.7. The van der Waals surface area contributed by atoms with Crippen LogP contribution in [0.25, 0.3) is 0 Å². The van der Waals surface area contributed by atoms with Crippen LogP contribution < -0.4 is 4.57 Å². The molecular formula is C27H50N+. The molecule has 0 aliphatic heterocycles. The minimum atomic E-state index is 1.19. The summed E-state index contributed by atoms with van der Waals surface area (Å²) in [7, 11) is 0. The van der Waals surface area contributed by atoms with Gasteiger partial charge in [-0.1, -0.05) is 110 Å². The van der Waals surface area contributed by atoms with Crippen LogP contribution in [0.1, 0.15) is 134 Å². The fraction of sp³-hybridized carbons (Fsp3) is 0.815. The molecule has 0 saturated heterocycles. The Labute approximate surface area is 177 Å². The molecule has 1 heterocycles. The third-order valence-electron chi connectivity index (χ3n) is 6.16. The molecule has 0 fully saturated rings. The molecule has 1 nitrogen and oxygen atoms in total. The minimum Gasteiger partial charge on any atom is -0.203 e. The maximum atomic E-state index is 2.40. The van der Waals surface area contributed by atoms with Crippen LogP contribution in [-0.2, 0) is 6.54 Å². The topological polar surface area (TPSA) is 3.88 Å². The SMILES string of the molecule is CCCCCCCCCCCCCCCCCCCC[n+]1ccc(C)cc1C. The first-order valence-electron chi connectivity index (χ1n) is 12.7. The van der Waals surface area contributed by atoms with E-state index in [9.17, 15) is 0 Å². The molecule has 0 aromatic carbocycles. The predicted molar refractivity (Wildman–Crippen MR) is 125 cm³/mol. The minimum absolute atomic E-state index is 1.19. The highest BCUT2D eigenvalue weighted by atomic mass is 14.9. The van der Waals surface area contributed by atoms with E-state index < -0.39 is 0 Å². The fourth-order valence-electron chi connectivity index (χ4n) is 4.22. The van der Waals surface area contributed by atoms with Crippen molar-refractivity contribution in [2.75, 3.05) is 0 Å². The summed E-state index contributed by atoms with van der Waals surface area (Å²) in [6, 6.07) is 4.51. The Hall–Kier alpha value is -0.850. The Morgan fingerprint density at radius 2 is 0.964 bits per heavy atom. The van der Waals surface area contributed by atoms with Gasteiger partial charge < -0.3 is 0 Å². The quantitative estimate of drug-likeness (QED) is 0.165. The number of hydrogen-bond donors (Lipinski definition) is 0. The molecule has 0 aliphatic rings. The smallest absolute Gasteiger partial charge is 0.178 e. The number of nitrogens with zero attached hydrogens (tertiary/aromatic N) is 1. The third-order valence-corrected chi connectivity index (χ3v) is 6.16. The summed E-state index contributed by atoms with van der Waals surface area (Å²) in [6.07, 6.45) is 28.3. The van der Waals surface area contributed by atoms with Gasteiger partial charge >= 0.3 is 0 Å². The number of pyridine rings is 1. The second-order valence-electron chi connectivity index (χ2n) is 9.05. The predicted octanol–water partition coefficient (Wildman–Crippen LogP) is 8.63. The Kier molecular flexibility index (Phi) is 16.4. The molecule has 0 aliphatic carbocycles. The lowest BCUT2D eigenvalue weighted by molar-refractivity contribution is -0.703. The highest BCUT2D eigenvalue weighted by Crippen LogP contribution is 2.14. The molecule has 0 saturated carbocycles. The van der Waals surface area contributed by atoms with Gasteiger partial charge in [0.05, 0.1) is 0 Å². The van der Waals surface area contributed by atoms with Crippen molar-refractivity contribution < 1.29 is 4.57 Å². The highest BCUT2D eigenvalue weighted by molar-refractivity contribution is 5.08. The van der Waals surface area contributed by atoms with Crippen LogP contribution in [0, 0.1) is 13.8 Å². The van der Waals surface area contributed by atoms with Gasteiger partial charge in [-0.05, 0) is 18.9 Å². The summed E-state index contributed by atoms with van der Waals surface area (Å²) in [5.41, 5.74) is 2.76. The molecular weight excluding hydrogens is 338 g/mol. The van der Waals surface area contributed by atoms with Crippen molar-refractivity contribution in [3.63, 3.8) is 0 Å². The summed E-state index contributed by atoms with van der Waals surface area (Å²) in [4.78, 5) is 0. The fourth-order valence-corrected chi connectivity index (χ4v) is 4.22.